The largest absolute Gasteiger partial charge is 0.481 e. The molecule has 1 fully saturated rings. The standard InChI is InChI=1S/C16H21NO6S/c18-14(11-16(12-15(19)20)9-5-2-6-10-16)17-23-24(21,22)13-7-3-1-4-8-13/h1,3-4,7-8H,2,5-6,9-12H2,(H,17,18)(H,19,20). The van der Waals surface area contributed by atoms with Crippen LogP contribution in [0, 0.1) is 5.41 Å². The van der Waals surface area contributed by atoms with E-state index in [0.29, 0.717) is 12.8 Å². The lowest BCUT2D eigenvalue weighted by atomic mass is 9.69. The molecule has 0 radical (unpaired) electrons. The van der Waals surface area contributed by atoms with Crippen molar-refractivity contribution in [1.82, 2.24) is 5.48 Å². The van der Waals surface area contributed by atoms with Crippen LogP contribution in [0.1, 0.15) is 44.9 Å². The Morgan fingerprint density at radius 1 is 1.08 bits per heavy atom. The Kier molecular flexibility index (Phi) is 5.95. The van der Waals surface area contributed by atoms with E-state index in [1.165, 1.54) is 12.1 Å². The van der Waals surface area contributed by atoms with E-state index in [4.69, 9.17) is 5.11 Å². The number of carboxylic acid groups (broad SMARTS) is 1. The monoisotopic (exact) mass is 355 g/mol. The number of hydrogen-bond donors (Lipinski definition) is 2. The van der Waals surface area contributed by atoms with Crippen molar-refractivity contribution in [3.8, 4) is 0 Å². The third-order valence-corrected chi connectivity index (χ3v) is 5.43. The van der Waals surface area contributed by atoms with Gasteiger partial charge in [0.25, 0.3) is 0 Å². The lowest BCUT2D eigenvalue weighted by Gasteiger charge is -2.35. The highest BCUT2D eigenvalue weighted by atomic mass is 32.2. The van der Waals surface area contributed by atoms with Crippen LogP contribution < -0.4 is 5.48 Å². The Hall–Kier alpha value is -1.93. The van der Waals surface area contributed by atoms with Crippen LogP contribution in [0.15, 0.2) is 35.2 Å². The minimum atomic E-state index is -4.09. The molecule has 0 aromatic heterocycles. The predicted molar refractivity (Wildman–Crippen MR) is 85.2 cm³/mol. The van der Waals surface area contributed by atoms with Gasteiger partial charge in [-0.25, -0.2) is 5.48 Å². The Labute approximate surface area is 141 Å². The zero-order chi connectivity index (χ0) is 17.6. The molecule has 0 saturated heterocycles. The second-order valence-electron chi connectivity index (χ2n) is 6.18. The third-order valence-electron chi connectivity index (χ3n) is 4.27. The molecule has 0 atom stereocenters. The first kappa shape index (κ1) is 18.4. The first-order valence-corrected chi connectivity index (χ1v) is 9.23. The van der Waals surface area contributed by atoms with E-state index in [2.05, 4.69) is 4.28 Å². The highest BCUT2D eigenvalue weighted by Gasteiger charge is 2.36. The lowest BCUT2D eigenvalue weighted by Crippen LogP contribution is -2.36. The second kappa shape index (κ2) is 7.76. The molecule has 1 aliphatic carbocycles. The summed E-state index contributed by atoms with van der Waals surface area (Å²) in [5.74, 6) is -1.58. The number of amides is 1. The highest BCUT2D eigenvalue weighted by molar-refractivity contribution is 7.86. The average Bonchev–Trinajstić information content (AvgIpc) is 2.54. The van der Waals surface area contributed by atoms with Gasteiger partial charge in [0.2, 0.25) is 5.91 Å². The number of carbonyl (C=O) groups is 2. The average molecular weight is 355 g/mol. The summed E-state index contributed by atoms with van der Waals surface area (Å²) in [6, 6.07) is 7.46. The summed E-state index contributed by atoms with van der Waals surface area (Å²) < 4.78 is 28.5. The molecule has 0 heterocycles. The van der Waals surface area contributed by atoms with Crippen molar-refractivity contribution in [2.45, 2.75) is 49.8 Å². The first-order chi connectivity index (χ1) is 11.3. The molecule has 1 aromatic carbocycles. The van der Waals surface area contributed by atoms with Gasteiger partial charge in [0.05, 0.1) is 11.3 Å². The van der Waals surface area contributed by atoms with Crippen LogP contribution in [0.5, 0.6) is 0 Å². The van der Waals surface area contributed by atoms with Crippen LogP contribution in [0.25, 0.3) is 0 Å². The molecule has 0 unspecified atom stereocenters. The fourth-order valence-electron chi connectivity index (χ4n) is 3.15. The number of aliphatic carboxylic acids is 1. The Morgan fingerprint density at radius 2 is 1.71 bits per heavy atom. The topological polar surface area (TPSA) is 110 Å². The molecule has 132 valence electrons. The van der Waals surface area contributed by atoms with Crippen LogP contribution in [0.4, 0.5) is 0 Å². The summed E-state index contributed by atoms with van der Waals surface area (Å²) >= 11 is 0. The van der Waals surface area contributed by atoms with E-state index in [1.807, 2.05) is 5.48 Å². The van der Waals surface area contributed by atoms with Gasteiger partial charge in [-0.3, -0.25) is 9.59 Å². The van der Waals surface area contributed by atoms with Crippen molar-refractivity contribution < 1.29 is 27.4 Å². The molecule has 0 bridgehead atoms. The summed E-state index contributed by atoms with van der Waals surface area (Å²) in [4.78, 5) is 23.1. The molecule has 1 aliphatic rings. The van der Waals surface area contributed by atoms with Gasteiger partial charge in [0, 0.05) is 6.42 Å². The van der Waals surface area contributed by atoms with E-state index in [1.54, 1.807) is 18.2 Å². The van der Waals surface area contributed by atoms with Crippen molar-refractivity contribution in [2.24, 2.45) is 5.41 Å². The van der Waals surface area contributed by atoms with Crippen LogP contribution in [0.2, 0.25) is 0 Å². The number of nitrogens with one attached hydrogen (secondary N) is 1. The van der Waals surface area contributed by atoms with Crippen LogP contribution in [-0.2, 0) is 24.0 Å². The van der Waals surface area contributed by atoms with E-state index in [9.17, 15) is 18.0 Å². The molecule has 8 heteroatoms. The molecule has 0 aliphatic heterocycles. The Bertz CT molecular complexity index is 680. The normalized spacial score (nSPS) is 17.2. The second-order valence-corrected chi connectivity index (χ2v) is 7.73. The number of hydroxylamine groups is 1. The Morgan fingerprint density at radius 3 is 2.29 bits per heavy atom. The number of benzene rings is 1. The fraction of sp³-hybridized carbons (Fsp3) is 0.500. The molecule has 1 saturated carbocycles. The zero-order valence-corrected chi connectivity index (χ0v) is 14.0. The smallest absolute Gasteiger partial charge is 0.317 e. The van der Waals surface area contributed by atoms with Gasteiger partial charge in [-0.15, -0.1) is 4.28 Å². The van der Waals surface area contributed by atoms with Gasteiger partial charge in [0.15, 0.2) is 0 Å². The van der Waals surface area contributed by atoms with Gasteiger partial charge in [-0.1, -0.05) is 37.5 Å². The van der Waals surface area contributed by atoms with Gasteiger partial charge in [-0.2, -0.15) is 8.42 Å². The molecule has 24 heavy (non-hydrogen) atoms. The molecule has 1 aromatic rings. The molecular formula is C16H21NO6S. The van der Waals surface area contributed by atoms with Gasteiger partial charge >= 0.3 is 16.1 Å². The summed E-state index contributed by atoms with van der Waals surface area (Å²) in [5.41, 5.74) is 1.32. The van der Waals surface area contributed by atoms with Crippen molar-refractivity contribution >= 4 is 22.0 Å². The van der Waals surface area contributed by atoms with Crippen LogP contribution >= 0.6 is 0 Å². The molecular weight excluding hydrogens is 334 g/mol. The van der Waals surface area contributed by atoms with E-state index >= 15 is 0 Å². The number of carbonyl (C=O) groups excluding carboxylic acids is 1. The van der Waals surface area contributed by atoms with Crippen molar-refractivity contribution in [3.05, 3.63) is 30.3 Å². The molecule has 0 spiro atoms. The summed E-state index contributed by atoms with van der Waals surface area (Å²) in [6.07, 6.45) is 3.85. The molecule has 7 nitrogen and oxygen atoms in total. The predicted octanol–water partition coefficient (Wildman–Crippen LogP) is 2.24. The summed E-state index contributed by atoms with van der Waals surface area (Å²) in [6.45, 7) is 0. The molecule has 1 amide bonds. The maximum Gasteiger partial charge on any atom is 0.317 e. The quantitative estimate of drug-likeness (QED) is 0.726. The SMILES string of the molecule is O=C(O)CC1(CC(=O)NOS(=O)(=O)c2ccccc2)CCCCC1. The molecule has 2 N–H and O–H groups in total. The van der Waals surface area contributed by atoms with Crippen LogP contribution in [-0.4, -0.2) is 25.4 Å². The third kappa shape index (κ3) is 5.04. The van der Waals surface area contributed by atoms with Gasteiger partial charge < -0.3 is 5.11 Å². The number of hydrogen-bond acceptors (Lipinski definition) is 5. The van der Waals surface area contributed by atoms with Crippen molar-refractivity contribution in [2.75, 3.05) is 0 Å². The zero-order valence-electron chi connectivity index (χ0n) is 13.2. The van der Waals surface area contributed by atoms with Gasteiger partial charge in [0.1, 0.15) is 0 Å². The minimum absolute atomic E-state index is 0.0659. The van der Waals surface area contributed by atoms with E-state index < -0.39 is 27.4 Å². The Balaban J connectivity index is 1.97. The van der Waals surface area contributed by atoms with E-state index in [-0.39, 0.29) is 17.7 Å². The minimum Gasteiger partial charge on any atom is -0.481 e. The van der Waals surface area contributed by atoms with Crippen molar-refractivity contribution in [3.63, 3.8) is 0 Å². The fourth-order valence-corrected chi connectivity index (χ4v) is 3.94. The maximum absolute atomic E-state index is 12.1. The van der Waals surface area contributed by atoms with Gasteiger partial charge in [-0.05, 0) is 30.4 Å². The maximum atomic E-state index is 12.1. The summed E-state index contributed by atoms with van der Waals surface area (Å²) in [7, 11) is -4.09. The van der Waals surface area contributed by atoms with E-state index in [0.717, 1.165) is 19.3 Å². The first-order valence-electron chi connectivity index (χ1n) is 7.82. The highest BCUT2D eigenvalue weighted by Crippen LogP contribution is 2.42. The lowest BCUT2D eigenvalue weighted by molar-refractivity contribution is -0.142. The van der Waals surface area contributed by atoms with Crippen molar-refractivity contribution in [1.29, 1.82) is 0 Å². The number of carboxylic acids is 1. The molecule has 2 rings (SSSR count). The van der Waals surface area contributed by atoms with Crippen LogP contribution in [0.3, 0.4) is 0 Å². The summed E-state index contributed by atoms with van der Waals surface area (Å²) in [5, 5.41) is 9.09. The number of rotatable bonds is 7.